The molecule has 2 rings (SSSR count). The highest BCUT2D eigenvalue weighted by molar-refractivity contribution is 6.30. The van der Waals surface area contributed by atoms with E-state index in [-0.39, 0.29) is 0 Å². The third-order valence-corrected chi connectivity index (χ3v) is 2.84. The average Bonchev–Trinajstić information content (AvgIpc) is 2.42. The lowest BCUT2D eigenvalue weighted by Crippen LogP contribution is -1.86. The highest BCUT2D eigenvalue weighted by Crippen LogP contribution is 2.14. The summed E-state index contributed by atoms with van der Waals surface area (Å²) in [5, 5.41) is 0.511. The lowest BCUT2D eigenvalue weighted by atomic mass is 10.1. The second-order valence-corrected chi connectivity index (χ2v) is 4.10. The molecule has 0 unspecified atom stereocenters. The zero-order chi connectivity index (χ0) is 12.8. The number of hydrogen-bond acceptors (Lipinski definition) is 2. The normalized spacial score (nSPS) is 10.8. The molecular weight excluding hydrogens is 246 g/mol. The Morgan fingerprint density at radius 3 is 2.78 bits per heavy atom. The molecule has 0 aliphatic heterocycles. The Balaban J connectivity index is 2.01. The van der Waals surface area contributed by atoms with Crippen molar-refractivity contribution < 1.29 is 4.74 Å². The number of hydrogen-bond donors (Lipinski definition) is 0. The third kappa shape index (κ3) is 3.34. The molecule has 0 atom stereocenters. The summed E-state index contributed by atoms with van der Waals surface area (Å²) in [7, 11) is 1.66. The summed E-state index contributed by atoms with van der Waals surface area (Å²) in [6.07, 6.45) is 6.44. The van der Waals surface area contributed by atoms with Crippen molar-refractivity contribution in [3.63, 3.8) is 0 Å². The van der Waals surface area contributed by atoms with E-state index in [9.17, 15) is 0 Å². The second-order valence-electron chi connectivity index (χ2n) is 3.74. The van der Waals surface area contributed by atoms with E-state index < -0.39 is 0 Å². The van der Waals surface area contributed by atoms with Gasteiger partial charge in [-0.05, 0) is 36.2 Å². The molecule has 0 saturated heterocycles. The van der Waals surface area contributed by atoms with Crippen LogP contribution in [0, 0.1) is 6.07 Å². The molecule has 0 amide bonds. The molecular formula is C15H13ClNO. The smallest absolute Gasteiger partial charge is 0.133 e. The van der Waals surface area contributed by atoms with E-state index in [1.54, 1.807) is 19.4 Å². The van der Waals surface area contributed by atoms with E-state index in [0.717, 1.165) is 23.3 Å². The molecule has 0 fully saturated rings. The number of pyridine rings is 1. The lowest BCUT2D eigenvalue weighted by Gasteiger charge is -2.00. The minimum Gasteiger partial charge on any atom is -0.497 e. The topological polar surface area (TPSA) is 22.1 Å². The van der Waals surface area contributed by atoms with E-state index in [4.69, 9.17) is 16.3 Å². The predicted octanol–water partition coefficient (Wildman–Crippen LogP) is 3.80. The van der Waals surface area contributed by atoms with E-state index in [2.05, 4.69) is 11.1 Å². The van der Waals surface area contributed by atoms with Gasteiger partial charge in [-0.25, -0.2) is 4.98 Å². The van der Waals surface area contributed by atoms with Crippen LogP contribution in [0.2, 0.25) is 5.15 Å². The average molecular weight is 259 g/mol. The zero-order valence-electron chi connectivity index (χ0n) is 10.1. The molecule has 91 valence electrons. The van der Waals surface area contributed by atoms with Crippen LogP contribution in [0.4, 0.5) is 0 Å². The van der Waals surface area contributed by atoms with Crippen LogP contribution in [0.3, 0.4) is 0 Å². The first-order chi connectivity index (χ1) is 8.79. The Hall–Kier alpha value is -1.80. The van der Waals surface area contributed by atoms with Crippen molar-refractivity contribution in [3.05, 3.63) is 65.0 Å². The maximum Gasteiger partial charge on any atom is 0.133 e. The number of aromatic nitrogens is 1. The Kier molecular flexibility index (Phi) is 4.37. The van der Waals surface area contributed by atoms with Gasteiger partial charge in [0, 0.05) is 11.8 Å². The largest absolute Gasteiger partial charge is 0.497 e. The number of halogens is 1. The van der Waals surface area contributed by atoms with Gasteiger partial charge < -0.3 is 4.74 Å². The molecule has 0 N–H and O–H groups in total. The standard InChI is InChI=1S/C15H13ClNO/c1-18-14-9-7-12(8-10-14)4-2-5-13-6-3-11-17-15(13)16/h2-4,7-11H,5H2,1H3. The Morgan fingerprint density at radius 1 is 1.33 bits per heavy atom. The minimum atomic E-state index is 0.511. The number of rotatable bonds is 4. The molecule has 0 bridgehead atoms. The Morgan fingerprint density at radius 2 is 2.11 bits per heavy atom. The van der Waals surface area contributed by atoms with E-state index in [1.165, 1.54) is 0 Å². The Labute approximate surface area is 112 Å². The number of allylic oxidation sites excluding steroid dienone is 1. The summed E-state index contributed by atoms with van der Waals surface area (Å²) in [5.41, 5.74) is 2.03. The van der Waals surface area contributed by atoms with Crippen LogP contribution in [0.5, 0.6) is 5.75 Å². The Bertz CT molecular complexity index is 534. The van der Waals surface area contributed by atoms with Crippen molar-refractivity contribution in [1.82, 2.24) is 4.98 Å². The second kappa shape index (κ2) is 6.22. The number of nitrogens with zero attached hydrogens (tertiary/aromatic N) is 1. The van der Waals surface area contributed by atoms with Crippen molar-refractivity contribution in [3.8, 4) is 5.75 Å². The highest BCUT2D eigenvalue weighted by atomic mass is 35.5. The first kappa shape index (κ1) is 12.7. The first-order valence-electron chi connectivity index (χ1n) is 5.61. The van der Waals surface area contributed by atoms with E-state index in [0.29, 0.717) is 5.15 Å². The maximum atomic E-state index is 5.95. The SMILES string of the molecule is COc1ccc(C=CCc2[c]ccnc2Cl)cc1. The minimum absolute atomic E-state index is 0.511. The van der Waals surface area contributed by atoms with Crippen LogP contribution in [-0.2, 0) is 6.42 Å². The number of benzene rings is 1. The molecule has 2 nitrogen and oxygen atoms in total. The quantitative estimate of drug-likeness (QED) is 0.779. The highest BCUT2D eigenvalue weighted by Gasteiger charge is 1.97. The molecule has 1 heterocycles. The monoisotopic (exact) mass is 258 g/mol. The fraction of sp³-hybridized carbons (Fsp3) is 0.133. The maximum absolute atomic E-state index is 5.95. The van der Waals surface area contributed by atoms with Crippen molar-refractivity contribution in [2.75, 3.05) is 7.11 Å². The van der Waals surface area contributed by atoms with E-state index in [1.807, 2.05) is 36.4 Å². The summed E-state index contributed by atoms with van der Waals surface area (Å²) in [5.74, 6) is 0.857. The van der Waals surface area contributed by atoms with Crippen LogP contribution in [-0.4, -0.2) is 12.1 Å². The molecule has 0 saturated carbocycles. The zero-order valence-corrected chi connectivity index (χ0v) is 10.8. The summed E-state index contributed by atoms with van der Waals surface area (Å²) < 4.78 is 5.10. The van der Waals surface area contributed by atoms with Gasteiger partial charge >= 0.3 is 0 Å². The first-order valence-corrected chi connectivity index (χ1v) is 5.99. The van der Waals surface area contributed by atoms with Gasteiger partial charge in [0.2, 0.25) is 0 Å². The van der Waals surface area contributed by atoms with Gasteiger partial charge in [0.05, 0.1) is 7.11 Å². The van der Waals surface area contributed by atoms with E-state index >= 15 is 0 Å². The number of methoxy groups -OCH3 is 1. The fourth-order valence-corrected chi connectivity index (χ4v) is 1.74. The van der Waals surface area contributed by atoms with Crippen molar-refractivity contribution >= 4 is 17.7 Å². The van der Waals surface area contributed by atoms with Crippen molar-refractivity contribution in [1.29, 1.82) is 0 Å². The molecule has 0 aliphatic carbocycles. The van der Waals surface area contributed by atoms with Gasteiger partial charge in [0.15, 0.2) is 0 Å². The van der Waals surface area contributed by atoms with Gasteiger partial charge in [-0.2, -0.15) is 0 Å². The summed E-state index contributed by atoms with van der Waals surface area (Å²) in [4.78, 5) is 4.01. The molecule has 1 aromatic heterocycles. The van der Waals surface area contributed by atoms with Gasteiger partial charge in [0.1, 0.15) is 10.9 Å². The van der Waals surface area contributed by atoms with Gasteiger partial charge in [-0.15, -0.1) is 0 Å². The summed E-state index contributed by atoms with van der Waals surface area (Å²) in [6.45, 7) is 0. The van der Waals surface area contributed by atoms with Crippen LogP contribution in [0.15, 0.2) is 42.6 Å². The lowest BCUT2D eigenvalue weighted by molar-refractivity contribution is 0.415. The van der Waals surface area contributed by atoms with Gasteiger partial charge in [-0.3, -0.25) is 0 Å². The van der Waals surface area contributed by atoms with Crippen molar-refractivity contribution in [2.24, 2.45) is 0 Å². The fourth-order valence-electron chi connectivity index (χ4n) is 1.55. The third-order valence-electron chi connectivity index (χ3n) is 2.52. The van der Waals surface area contributed by atoms with Crippen LogP contribution < -0.4 is 4.74 Å². The number of ether oxygens (including phenoxy) is 1. The molecule has 2 aromatic rings. The van der Waals surface area contributed by atoms with Gasteiger partial charge in [0.25, 0.3) is 0 Å². The molecule has 1 aromatic carbocycles. The molecule has 0 aliphatic rings. The summed E-state index contributed by atoms with van der Waals surface area (Å²) >= 11 is 5.95. The van der Waals surface area contributed by atoms with Crippen LogP contribution >= 0.6 is 11.6 Å². The van der Waals surface area contributed by atoms with Crippen LogP contribution in [0.25, 0.3) is 6.08 Å². The summed E-state index contributed by atoms with van der Waals surface area (Å²) in [6, 6.07) is 12.7. The predicted molar refractivity (Wildman–Crippen MR) is 73.8 cm³/mol. The van der Waals surface area contributed by atoms with Crippen molar-refractivity contribution in [2.45, 2.75) is 6.42 Å². The molecule has 3 heteroatoms. The van der Waals surface area contributed by atoms with Crippen LogP contribution in [0.1, 0.15) is 11.1 Å². The molecule has 18 heavy (non-hydrogen) atoms. The molecule has 0 spiro atoms. The van der Waals surface area contributed by atoms with Gasteiger partial charge in [-0.1, -0.05) is 35.9 Å². The molecule has 1 radical (unpaired) electrons.